The maximum absolute atomic E-state index is 12.4. The molecule has 1 amide bonds. The first-order valence-electron chi connectivity index (χ1n) is 8.25. The monoisotopic (exact) mass is 301 g/mol. The predicted molar refractivity (Wildman–Crippen MR) is 83.4 cm³/mol. The molecule has 0 bridgehead atoms. The van der Waals surface area contributed by atoms with Gasteiger partial charge in [-0.25, -0.2) is 0 Å². The van der Waals surface area contributed by atoms with Crippen LogP contribution >= 0.6 is 0 Å². The van der Waals surface area contributed by atoms with Crippen LogP contribution < -0.4 is 5.32 Å². The van der Waals surface area contributed by atoms with E-state index in [0.29, 0.717) is 18.8 Å². The quantitative estimate of drug-likeness (QED) is 0.898. The van der Waals surface area contributed by atoms with Crippen LogP contribution in [0, 0.1) is 11.8 Å². The van der Waals surface area contributed by atoms with Gasteiger partial charge in [0.15, 0.2) is 0 Å². The van der Waals surface area contributed by atoms with E-state index in [-0.39, 0.29) is 17.9 Å². The Hall–Kier alpha value is -1.84. The van der Waals surface area contributed by atoms with E-state index in [4.69, 9.17) is 5.11 Å². The summed E-state index contributed by atoms with van der Waals surface area (Å²) in [7, 11) is 0. The number of nitrogens with one attached hydrogen (secondary N) is 1. The highest BCUT2D eigenvalue weighted by Gasteiger charge is 2.42. The Morgan fingerprint density at radius 1 is 0.955 bits per heavy atom. The molecule has 3 rings (SSSR count). The molecule has 2 aliphatic rings. The maximum atomic E-state index is 12.4. The predicted octanol–water partition coefficient (Wildman–Crippen LogP) is 2.94. The van der Waals surface area contributed by atoms with Crippen molar-refractivity contribution >= 4 is 11.9 Å². The third-order valence-electron chi connectivity index (χ3n) is 5.25. The molecule has 2 fully saturated rings. The average molecular weight is 301 g/mol. The van der Waals surface area contributed by atoms with Crippen LogP contribution in [-0.2, 0) is 9.59 Å². The minimum Gasteiger partial charge on any atom is -0.481 e. The van der Waals surface area contributed by atoms with E-state index in [9.17, 15) is 9.59 Å². The Kier molecular flexibility index (Phi) is 4.46. The molecular weight excluding hydrogens is 278 g/mol. The molecule has 4 heteroatoms. The first-order chi connectivity index (χ1) is 10.7. The van der Waals surface area contributed by atoms with Crippen molar-refractivity contribution in [1.29, 1.82) is 0 Å². The van der Waals surface area contributed by atoms with Crippen LogP contribution in [0.25, 0.3) is 0 Å². The molecule has 118 valence electrons. The molecule has 4 atom stereocenters. The number of carbonyl (C=O) groups is 2. The number of carboxylic acids is 1. The summed E-state index contributed by atoms with van der Waals surface area (Å²) in [5, 5.41) is 12.3. The van der Waals surface area contributed by atoms with Gasteiger partial charge in [0.1, 0.15) is 0 Å². The molecule has 1 aromatic rings. The number of hydrogen-bond acceptors (Lipinski definition) is 2. The molecule has 0 saturated heterocycles. The van der Waals surface area contributed by atoms with Gasteiger partial charge in [0, 0.05) is 12.0 Å². The number of aliphatic carboxylic acids is 1. The molecule has 0 heterocycles. The molecule has 4 nitrogen and oxygen atoms in total. The van der Waals surface area contributed by atoms with Crippen LogP contribution in [-0.4, -0.2) is 23.0 Å². The van der Waals surface area contributed by atoms with Crippen LogP contribution in [0.2, 0.25) is 0 Å². The van der Waals surface area contributed by atoms with Crippen molar-refractivity contribution in [3.63, 3.8) is 0 Å². The second-order valence-corrected chi connectivity index (χ2v) is 6.55. The Balaban J connectivity index is 1.67. The van der Waals surface area contributed by atoms with Crippen molar-refractivity contribution in [3.8, 4) is 0 Å². The van der Waals surface area contributed by atoms with E-state index in [2.05, 4.69) is 17.4 Å². The summed E-state index contributed by atoms with van der Waals surface area (Å²) in [6.45, 7) is 0. The SMILES string of the molecule is O=C(O)C1CCC1C(=O)NC1CCCCC1c1ccccc1. The van der Waals surface area contributed by atoms with Crippen molar-refractivity contribution in [2.75, 3.05) is 0 Å². The van der Waals surface area contributed by atoms with Gasteiger partial charge in [0.05, 0.1) is 11.8 Å². The number of hydrogen-bond donors (Lipinski definition) is 2. The molecule has 1 aromatic carbocycles. The Bertz CT molecular complexity index is 543. The zero-order valence-electron chi connectivity index (χ0n) is 12.7. The van der Waals surface area contributed by atoms with Crippen molar-refractivity contribution < 1.29 is 14.7 Å². The van der Waals surface area contributed by atoms with Crippen LogP contribution in [0.5, 0.6) is 0 Å². The van der Waals surface area contributed by atoms with Gasteiger partial charge in [-0.05, 0) is 31.2 Å². The fourth-order valence-corrected chi connectivity index (χ4v) is 3.80. The number of amides is 1. The molecule has 0 aromatic heterocycles. The lowest BCUT2D eigenvalue weighted by atomic mass is 9.72. The normalized spacial score (nSPS) is 31.1. The highest BCUT2D eigenvalue weighted by Crippen LogP contribution is 2.37. The highest BCUT2D eigenvalue weighted by molar-refractivity contribution is 5.86. The van der Waals surface area contributed by atoms with E-state index in [1.54, 1.807) is 0 Å². The van der Waals surface area contributed by atoms with E-state index < -0.39 is 11.9 Å². The van der Waals surface area contributed by atoms with Crippen molar-refractivity contribution in [3.05, 3.63) is 35.9 Å². The lowest BCUT2D eigenvalue weighted by Crippen LogP contribution is -2.49. The van der Waals surface area contributed by atoms with Crippen LogP contribution in [0.3, 0.4) is 0 Å². The summed E-state index contributed by atoms with van der Waals surface area (Å²) >= 11 is 0. The molecule has 2 saturated carbocycles. The number of carbonyl (C=O) groups excluding carboxylic acids is 1. The third kappa shape index (κ3) is 3.01. The van der Waals surface area contributed by atoms with Crippen LogP contribution in [0.1, 0.15) is 50.0 Å². The van der Waals surface area contributed by atoms with E-state index in [1.165, 1.54) is 12.0 Å². The number of carboxylic acid groups (broad SMARTS) is 1. The average Bonchev–Trinajstić information content (AvgIpc) is 2.47. The second-order valence-electron chi connectivity index (χ2n) is 6.55. The van der Waals surface area contributed by atoms with Crippen molar-refractivity contribution in [2.24, 2.45) is 11.8 Å². The summed E-state index contributed by atoms with van der Waals surface area (Å²) in [5.74, 6) is -1.38. The lowest BCUT2D eigenvalue weighted by Gasteiger charge is -2.37. The van der Waals surface area contributed by atoms with Gasteiger partial charge in [0.25, 0.3) is 0 Å². The minimum atomic E-state index is -0.838. The summed E-state index contributed by atoms with van der Waals surface area (Å²) in [4.78, 5) is 23.5. The zero-order valence-corrected chi connectivity index (χ0v) is 12.7. The molecule has 0 aliphatic heterocycles. The summed E-state index contributed by atoms with van der Waals surface area (Å²) < 4.78 is 0. The molecule has 2 N–H and O–H groups in total. The molecule has 0 spiro atoms. The van der Waals surface area contributed by atoms with Gasteiger partial charge in [-0.15, -0.1) is 0 Å². The van der Waals surface area contributed by atoms with Crippen LogP contribution in [0.15, 0.2) is 30.3 Å². The van der Waals surface area contributed by atoms with Gasteiger partial charge >= 0.3 is 5.97 Å². The zero-order chi connectivity index (χ0) is 15.5. The fourth-order valence-electron chi connectivity index (χ4n) is 3.80. The van der Waals surface area contributed by atoms with Gasteiger partial charge < -0.3 is 10.4 Å². The smallest absolute Gasteiger partial charge is 0.307 e. The van der Waals surface area contributed by atoms with E-state index in [1.807, 2.05) is 18.2 Å². The fraction of sp³-hybridized carbons (Fsp3) is 0.556. The first-order valence-corrected chi connectivity index (χ1v) is 8.25. The molecule has 2 aliphatic carbocycles. The Labute approximate surface area is 130 Å². The standard InChI is InChI=1S/C18H23NO3/c20-17(14-10-11-15(14)18(21)22)19-16-9-5-4-8-13(16)12-6-2-1-3-7-12/h1-3,6-7,13-16H,4-5,8-11H2,(H,19,20)(H,21,22). The van der Waals surface area contributed by atoms with Gasteiger partial charge in [-0.2, -0.15) is 0 Å². The molecule has 22 heavy (non-hydrogen) atoms. The molecule has 0 radical (unpaired) electrons. The molecular formula is C18H23NO3. The number of benzene rings is 1. The Morgan fingerprint density at radius 2 is 1.64 bits per heavy atom. The third-order valence-corrected chi connectivity index (χ3v) is 5.25. The van der Waals surface area contributed by atoms with Crippen molar-refractivity contribution in [2.45, 2.75) is 50.5 Å². The summed E-state index contributed by atoms with van der Waals surface area (Å²) in [6.07, 6.45) is 5.71. The Morgan fingerprint density at radius 3 is 2.27 bits per heavy atom. The van der Waals surface area contributed by atoms with Gasteiger partial charge in [-0.3, -0.25) is 9.59 Å². The molecule has 4 unspecified atom stereocenters. The summed E-state index contributed by atoms with van der Waals surface area (Å²) in [6, 6.07) is 10.5. The van der Waals surface area contributed by atoms with E-state index >= 15 is 0 Å². The number of rotatable bonds is 4. The largest absolute Gasteiger partial charge is 0.481 e. The van der Waals surface area contributed by atoms with E-state index in [0.717, 1.165) is 19.3 Å². The minimum absolute atomic E-state index is 0.0634. The maximum Gasteiger partial charge on any atom is 0.307 e. The topological polar surface area (TPSA) is 66.4 Å². The van der Waals surface area contributed by atoms with Crippen molar-refractivity contribution in [1.82, 2.24) is 5.32 Å². The lowest BCUT2D eigenvalue weighted by molar-refractivity contribution is -0.153. The second kappa shape index (κ2) is 6.51. The van der Waals surface area contributed by atoms with Gasteiger partial charge in [0.2, 0.25) is 5.91 Å². The van der Waals surface area contributed by atoms with Crippen LogP contribution in [0.4, 0.5) is 0 Å². The highest BCUT2D eigenvalue weighted by atomic mass is 16.4. The van der Waals surface area contributed by atoms with Gasteiger partial charge in [-0.1, -0.05) is 43.2 Å². The summed E-state index contributed by atoms with van der Waals surface area (Å²) in [5.41, 5.74) is 1.27. The first kappa shape index (κ1) is 15.1.